The molecule has 0 heterocycles. The van der Waals surface area contributed by atoms with Crippen molar-refractivity contribution >= 4 is 0 Å². The number of hydrogen-bond acceptors (Lipinski definition) is 1. The molecule has 0 saturated heterocycles. The normalized spacial score (nSPS) is 22.4. The first-order valence-electron chi connectivity index (χ1n) is 17.2. The summed E-state index contributed by atoms with van der Waals surface area (Å²) in [4.78, 5) is 0. The van der Waals surface area contributed by atoms with Crippen molar-refractivity contribution in [3.63, 3.8) is 0 Å². The Kier molecular flexibility index (Phi) is 11.6. The van der Waals surface area contributed by atoms with Crippen LogP contribution >= 0.6 is 0 Å². The van der Waals surface area contributed by atoms with Crippen LogP contribution in [0, 0.1) is 35.2 Å². The van der Waals surface area contributed by atoms with Gasteiger partial charge in [-0.05, 0) is 115 Å². The minimum atomic E-state index is -1.01. The second-order valence-corrected chi connectivity index (χ2v) is 13.2. The summed E-state index contributed by atoms with van der Waals surface area (Å²) in [6.45, 7) is 4.31. The highest BCUT2D eigenvalue weighted by atomic mass is 19.2. The summed E-state index contributed by atoms with van der Waals surface area (Å²) in [5.74, 6) is 0.695. The van der Waals surface area contributed by atoms with E-state index in [4.69, 9.17) is 4.74 Å². The van der Waals surface area contributed by atoms with Crippen LogP contribution in [0.5, 0.6) is 5.75 Å². The number of rotatable bonds is 12. The van der Waals surface area contributed by atoms with E-state index in [1.807, 2.05) is 31.2 Å². The summed E-state index contributed by atoms with van der Waals surface area (Å²) in [5.41, 5.74) is 3.19. The predicted molar refractivity (Wildman–Crippen MR) is 176 cm³/mol. The van der Waals surface area contributed by atoms with Crippen LogP contribution in [0.1, 0.15) is 115 Å². The second kappa shape index (κ2) is 15.8. The second-order valence-electron chi connectivity index (χ2n) is 13.2. The van der Waals surface area contributed by atoms with Crippen molar-refractivity contribution in [1.82, 2.24) is 0 Å². The quantitative estimate of drug-likeness (QED) is 0.148. The highest BCUT2D eigenvalue weighted by Crippen LogP contribution is 2.45. The topological polar surface area (TPSA) is 9.23 Å². The molecule has 0 aromatic heterocycles. The van der Waals surface area contributed by atoms with Crippen molar-refractivity contribution in [3.05, 3.63) is 90.0 Å². The lowest BCUT2D eigenvalue weighted by Gasteiger charge is -2.38. The van der Waals surface area contributed by atoms with Crippen LogP contribution < -0.4 is 4.74 Å². The number of halogens is 3. The van der Waals surface area contributed by atoms with E-state index in [0.29, 0.717) is 11.5 Å². The predicted octanol–water partition coefficient (Wildman–Crippen LogP) is 12.8. The van der Waals surface area contributed by atoms with E-state index in [1.54, 1.807) is 24.3 Å². The standard InChI is InChI=1S/C40H49F3O/c1-3-5-7-9-28-10-12-29(13-11-28)30-14-18-32(19-15-30)35-23-22-34(27-37(35)41)31-16-20-33(21-17-31)36-24-25-38(40(43)39(36)42)44-26-8-6-4-2/h8,16-17,20-30,32H,3-7,9-15,18-19H2,1-2H3/b26-8-. The van der Waals surface area contributed by atoms with Crippen molar-refractivity contribution in [2.24, 2.45) is 17.8 Å². The molecule has 0 aliphatic heterocycles. The van der Waals surface area contributed by atoms with Gasteiger partial charge < -0.3 is 4.74 Å². The average molecular weight is 603 g/mol. The van der Waals surface area contributed by atoms with Gasteiger partial charge in [0.25, 0.3) is 0 Å². The van der Waals surface area contributed by atoms with Gasteiger partial charge in [0, 0.05) is 5.56 Å². The van der Waals surface area contributed by atoms with Crippen LogP contribution in [0.3, 0.4) is 0 Å². The van der Waals surface area contributed by atoms with Crippen LogP contribution in [-0.2, 0) is 0 Å². The van der Waals surface area contributed by atoms with Crippen LogP contribution in [0.2, 0.25) is 0 Å². The zero-order chi connectivity index (χ0) is 30.9. The lowest BCUT2D eigenvalue weighted by molar-refractivity contribution is 0.155. The Morgan fingerprint density at radius 2 is 1.34 bits per heavy atom. The van der Waals surface area contributed by atoms with E-state index >= 15 is 4.39 Å². The van der Waals surface area contributed by atoms with E-state index in [-0.39, 0.29) is 17.1 Å². The SMILES string of the molecule is CCC/C=C\Oc1ccc(-c2ccc(-c3ccc(C4CCC(C5CCC(CCCCC)CC5)CC4)c(F)c3)cc2)c(F)c1F. The molecule has 236 valence electrons. The number of allylic oxidation sites excluding steroid dienone is 1. The summed E-state index contributed by atoms with van der Waals surface area (Å²) in [6.07, 6.45) is 20.6. The molecule has 2 saturated carbocycles. The molecule has 44 heavy (non-hydrogen) atoms. The third-order valence-corrected chi connectivity index (χ3v) is 10.3. The van der Waals surface area contributed by atoms with Crippen molar-refractivity contribution in [3.8, 4) is 28.0 Å². The van der Waals surface area contributed by atoms with E-state index in [2.05, 4.69) is 6.92 Å². The number of benzene rings is 3. The Labute approximate surface area is 262 Å². The Morgan fingerprint density at radius 3 is 2.00 bits per heavy atom. The van der Waals surface area contributed by atoms with Gasteiger partial charge in [0.2, 0.25) is 5.82 Å². The molecule has 0 atom stereocenters. The number of unbranched alkanes of at least 4 members (excludes halogenated alkanes) is 3. The molecule has 0 spiro atoms. The monoisotopic (exact) mass is 602 g/mol. The molecular weight excluding hydrogens is 553 g/mol. The van der Waals surface area contributed by atoms with Crippen molar-refractivity contribution < 1.29 is 17.9 Å². The summed E-state index contributed by atoms with van der Waals surface area (Å²) < 4.78 is 50.2. The van der Waals surface area contributed by atoms with Gasteiger partial charge in [-0.25, -0.2) is 8.78 Å². The van der Waals surface area contributed by atoms with E-state index in [0.717, 1.165) is 60.1 Å². The maximum absolute atomic E-state index is 15.4. The molecular formula is C40H49F3O. The van der Waals surface area contributed by atoms with Gasteiger partial charge in [-0.1, -0.05) is 95.2 Å². The molecule has 3 aromatic rings. The lowest BCUT2D eigenvalue weighted by atomic mass is 9.68. The summed E-state index contributed by atoms with van der Waals surface area (Å²) in [5, 5.41) is 0. The Hall–Kier alpha value is -3.01. The molecule has 0 unspecified atom stereocenters. The minimum Gasteiger partial charge on any atom is -0.462 e. The van der Waals surface area contributed by atoms with Gasteiger partial charge in [0.15, 0.2) is 11.6 Å². The third kappa shape index (κ3) is 7.98. The first-order valence-corrected chi connectivity index (χ1v) is 17.2. The Morgan fingerprint density at radius 1 is 0.682 bits per heavy atom. The molecule has 0 radical (unpaired) electrons. The first-order chi connectivity index (χ1) is 21.5. The van der Waals surface area contributed by atoms with Gasteiger partial charge in [0.1, 0.15) is 5.82 Å². The summed E-state index contributed by atoms with van der Waals surface area (Å²) in [6, 6.07) is 15.7. The maximum Gasteiger partial charge on any atom is 0.201 e. The fourth-order valence-corrected chi connectivity index (χ4v) is 7.61. The number of ether oxygens (including phenoxy) is 1. The third-order valence-electron chi connectivity index (χ3n) is 10.3. The van der Waals surface area contributed by atoms with Crippen LogP contribution in [0.15, 0.2) is 66.9 Å². The molecule has 4 heteroatoms. The largest absolute Gasteiger partial charge is 0.462 e. The molecule has 0 N–H and O–H groups in total. The van der Waals surface area contributed by atoms with Gasteiger partial charge in [0.05, 0.1) is 6.26 Å². The fraction of sp³-hybridized carbons (Fsp3) is 0.500. The molecule has 2 aliphatic carbocycles. The van der Waals surface area contributed by atoms with Gasteiger partial charge >= 0.3 is 0 Å². The van der Waals surface area contributed by atoms with Crippen LogP contribution in [0.25, 0.3) is 22.3 Å². The minimum absolute atomic E-state index is 0.139. The van der Waals surface area contributed by atoms with Crippen molar-refractivity contribution in [1.29, 1.82) is 0 Å². The molecule has 0 bridgehead atoms. The molecule has 0 amide bonds. The zero-order valence-corrected chi connectivity index (χ0v) is 26.6. The van der Waals surface area contributed by atoms with Crippen LogP contribution in [0.4, 0.5) is 13.2 Å². The average Bonchev–Trinajstić information content (AvgIpc) is 3.06. The molecule has 2 fully saturated rings. The lowest BCUT2D eigenvalue weighted by Crippen LogP contribution is -2.25. The first kappa shape index (κ1) is 32.4. The van der Waals surface area contributed by atoms with Crippen molar-refractivity contribution in [2.75, 3.05) is 0 Å². The number of hydrogen-bond donors (Lipinski definition) is 0. The molecule has 1 nitrogen and oxygen atoms in total. The maximum atomic E-state index is 15.4. The highest BCUT2D eigenvalue weighted by molar-refractivity contribution is 5.71. The van der Waals surface area contributed by atoms with Gasteiger partial charge in [-0.15, -0.1) is 0 Å². The molecule has 3 aromatic carbocycles. The van der Waals surface area contributed by atoms with Gasteiger partial charge in [-0.3, -0.25) is 0 Å². The zero-order valence-electron chi connectivity index (χ0n) is 26.6. The fourth-order valence-electron chi connectivity index (χ4n) is 7.61. The molecule has 5 rings (SSSR count). The van der Waals surface area contributed by atoms with E-state index in [9.17, 15) is 8.78 Å². The highest BCUT2D eigenvalue weighted by Gasteiger charge is 2.32. The van der Waals surface area contributed by atoms with E-state index < -0.39 is 11.6 Å². The van der Waals surface area contributed by atoms with Crippen molar-refractivity contribution in [2.45, 2.75) is 110 Å². The van der Waals surface area contributed by atoms with E-state index in [1.165, 1.54) is 82.6 Å². The Balaban J connectivity index is 1.16. The van der Waals surface area contributed by atoms with Crippen LogP contribution in [-0.4, -0.2) is 0 Å². The molecule has 2 aliphatic rings. The Bertz CT molecular complexity index is 1360. The van der Waals surface area contributed by atoms with Gasteiger partial charge in [-0.2, -0.15) is 4.39 Å². The summed E-state index contributed by atoms with van der Waals surface area (Å²) in [7, 11) is 0. The summed E-state index contributed by atoms with van der Waals surface area (Å²) >= 11 is 0. The smallest absolute Gasteiger partial charge is 0.201 e.